The van der Waals surface area contributed by atoms with Gasteiger partial charge >= 0.3 is 0 Å². The second-order valence-electron chi connectivity index (χ2n) is 4.37. The molecule has 0 aromatic carbocycles. The minimum atomic E-state index is -0.565. The minimum Gasteiger partial charge on any atom is -0.388 e. The molecule has 5 heteroatoms. The van der Waals surface area contributed by atoms with Gasteiger partial charge in [-0.1, -0.05) is 6.07 Å². The Kier molecular flexibility index (Phi) is 3.82. The molecule has 0 saturated heterocycles. The summed E-state index contributed by atoms with van der Waals surface area (Å²) < 4.78 is 2.76. The van der Waals surface area contributed by atoms with E-state index in [-0.39, 0.29) is 0 Å². The molecule has 2 heterocycles. The van der Waals surface area contributed by atoms with Crippen molar-refractivity contribution in [3.63, 3.8) is 0 Å². The second-order valence-corrected chi connectivity index (χ2v) is 5.16. The van der Waals surface area contributed by atoms with Crippen LogP contribution in [-0.2, 0) is 13.5 Å². The quantitative estimate of drug-likeness (QED) is 0.947. The molecule has 0 aliphatic rings. The Morgan fingerprint density at radius 1 is 1.39 bits per heavy atom. The molecule has 0 bridgehead atoms. The number of nitrogens with zero attached hydrogens (tertiary/aromatic N) is 3. The first-order chi connectivity index (χ1) is 8.50. The molecular formula is C13H16BrN3O. The van der Waals surface area contributed by atoms with E-state index in [2.05, 4.69) is 26.0 Å². The third kappa shape index (κ3) is 2.47. The van der Waals surface area contributed by atoms with E-state index in [0.29, 0.717) is 6.42 Å². The lowest BCUT2D eigenvalue weighted by atomic mass is 10.0. The highest BCUT2D eigenvalue weighted by Gasteiger charge is 2.17. The van der Waals surface area contributed by atoms with Gasteiger partial charge in [-0.25, -0.2) is 0 Å². The molecule has 18 heavy (non-hydrogen) atoms. The van der Waals surface area contributed by atoms with Gasteiger partial charge in [0, 0.05) is 30.9 Å². The number of rotatable bonds is 3. The number of aliphatic hydroxyl groups excluding tert-OH is 1. The maximum absolute atomic E-state index is 10.3. The predicted molar refractivity (Wildman–Crippen MR) is 73.3 cm³/mol. The van der Waals surface area contributed by atoms with Gasteiger partial charge in [0.25, 0.3) is 0 Å². The maximum atomic E-state index is 10.3. The summed E-state index contributed by atoms with van der Waals surface area (Å²) in [6, 6.07) is 3.75. The minimum absolute atomic E-state index is 0.518. The fourth-order valence-electron chi connectivity index (χ4n) is 2.04. The van der Waals surface area contributed by atoms with Gasteiger partial charge in [0.2, 0.25) is 0 Å². The number of aliphatic hydroxyl groups is 1. The SMILES string of the molecule is Cc1ncccc1C(O)Cc1c(Br)c(C)nn1C. The van der Waals surface area contributed by atoms with Crippen LogP contribution in [0.1, 0.15) is 28.7 Å². The molecule has 1 atom stereocenters. The van der Waals surface area contributed by atoms with Crippen molar-refractivity contribution in [3.8, 4) is 0 Å². The number of hydrogen-bond donors (Lipinski definition) is 1. The Bertz CT molecular complexity index is 565. The lowest BCUT2D eigenvalue weighted by Gasteiger charge is -2.13. The van der Waals surface area contributed by atoms with Gasteiger partial charge < -0.3 is 5.11 Å². The molecule has 0 radical (unpaired) electrons. The van der Waals surface area contributed by atoms with Crippen molar-refractivity contribution in [2.24, 2.45) is 7.05 Å². The lowest BCUT2D eigenvalue weighted by Crippen LogP contribution is -2.08. The third-order valence-electron chi connectivity index (χ3n) is 3.06. The zero-order chi connectivity index (χ0) is 13.3. The standard InChI is InChI=1S/C13H16BrN3O/c1-8-10(5-4-6-15-8)12(18)7-11-13(14)9(2)16-17(11)3/h4-6,12,18H,7H2,1-3H3. The van der Waals surface area contributed by atoms with Gasteiger partial charge in [-0.3, -0.25) is 9.67 Å². The van der Waals surface area contributed by atoms with Crippen LogP contribution in [0, 0.1) is 13.8 Å². The van der Waals surface area contributed by atoms with Gasteiger partial charge in [-0.2, -0.15) is 5.10 Å². The van der Waals surface area contributed by atoms with E-state index in [0.717, 1.165) is 27.1 Å². The number of aromatic nitrogens is 3. The molecule has 0 spiro atoms. The molecule has 1 unspecified atom stereocenters. The summed E-state index contributed by atoms with van der Waals surface area (Å²) in [4.78, 5) is 4.20. The van der Waals surface area contributed by atoms with Gasteiger partial charge in [0.1, 0.15) is 0 Å². The highest BCUT2D eigenvalue weighted by atomic mass is 79.9. The molecule has 1 N–H and O–H groups in total. The zero-order valence-corrected chi connectivity index (χ0v) is 12.3. The normalized spacial score (nSPS) is 12.7. The first kappa shape index (κ1) is 13.2. The Hall–Kier alpha value is -1.20. The summed E-state index contributed by atoms with van der Waals surface area (Å²) in [7, 11) is 1.88. The monoisotopic (exact) mass is 309 g/mol. The predicted octanol–water partition coefficient (Wildman–Crippen LogP) is 2.47. The smallest absolute Gasteiger partial charge is 0.0863 e. The lowest BCUT2D eigenvalue weighted by molar-refractivity contribution is 0.174. The van der Waals surface area contributed by atoms with Gasteiger partial charge in [0.05, 0.1) is 22.0 Å². The molecule has 2 aromatic heterocycles. The summed E-state index contributed by atoms with van der Waals surface area (Å²) in [5.74, 6) is 0. The summed E-state index contributed by atoms with van der Waals surface area (Å²) in [6.45, 7) is 3.84. The van der Waals surface area contributed by atoms with Crippen molar-refractivity contribution in [2.75, 3.05) is 0 Å². The Morgan fingerprint density at radius 3 is 2.67 bits per heavy atom. The van der Waals surface area contributed by atoms with Gasteiger partial charge in [-0.15, -0.1) is 0 Å². The highest BCUT2D eigenvalue weighted by molar-refractivity contribution is 9.10. The van der Waals surface area contributed by atoms with E-state index in [1.165, 1.54) is 0 Å². The van der Waals surface area contributed by atoms with Crippen molar-refractivity contribution in [3.05, 3.63) is 45.4 Å². The largest absolute Gasteiger partial charge is 0.388 e. The van der Waals surface area contributed by atoms with Crippen molar-refractivity contribution in [1.82, 2.24) is 14.8 Å². The van der Waals surface area contributed by atoms with E-state index in [9.17, 15) is 5.11 Å². The Labute approximate surface area is 115 Å². The van der Waals surface area contributed by atoms with Crippen LogP contribution in [0.2, 0.25) is 0 Å². The average molecular weight is 310 g/mol. The van der Waals surface area contributed by atoms with Crippen LogP contribution in [0.4, 0.5) is 0 Å². The van der Waals surface area contributed by atoms with Crippen LogP contribution in [0.25, 0.3) is 0 Å². The molecule has 4 nitrogen and oxygen atoms in total. The van der Waals surface area contributed by atoms with Crippen molar-refractivity contribution in [2.45, 2.75) is 26.4 Å². The van der Waals surface area contributed by atoms with E-state index in [1.807, 2.05) is 33.0 Å². The van der Waals surface area contributed by atoms with Crippen molar-refractivity contribution >= 4 is 15.9 Å². The van der Waals surface area contributed by atoms with Gasteiger partial charge in [-0.05, 0) is 35.8 Å². The topological polar surface area (TPSA) is 50.9 Å². The molecule has 2 rings (SSSR count). The van der Waals surface area contributed by atoms with Gasteiger partial charge in [0.15, 0.2) is 0 Å². The fourth-order valence-corrected chi connectivity index (χ4v) is 2.54. The molecule has 0 amide bonds. The van der Waals surface area contributed by atoms with Crippen LogP contribution in [-0.4, -0.2) is 19.9 Å². The van der Waals surface area contributed by atoms with Crippen molar-refractivity contribution in [1.29, 1.82) is 0 Å². The molecule has 2 aromatic rings. The van der Waals surface area contributed by atoms with Crippen LogP contribution in [0.3, 0.4) is 0 Å². The third-order valence-corrected chi connectivity index (χ3v) is 4.09. The fraction of sp³-hybridized carbons (Fsp3) is 0.385. The number of pyridine rings is 1. The number of hydrogen-bond acceptors (Lipinski definition) is 3. The average Bonchev–Trinajstić information content (AvgIpc) is 2.56. The van der Waals surface area contributed by atoms with E-state index >= 15 is 0 Å². The summed E-state index contributed by atoms with van der Waals surface area (Å²) >= 11 is 3.51. The van der Waals surface area contributed by atoms with Crippen LogP contribution >= 0.6 is 15.9 Å². The Morgan fingerprint density at radius 2 is 2.11 bits per heavy atom. The highest BCUT2D eigenvalue weighted by Crippen LogP contribution is 2.26. The first-order valence-electron chi connectivity index (χ1n) is 5.78. The van der Waals surface area contributed by atoms with Crippen LogP contribution in [0.15, 0.2) is 22.8 Å². The summed E-state index contributed by atoms with van der Waals surface area (Å²) in [5.41, 5.74) is 3.65. The second kappa shape index (κ2) is 5.20. The van der Waals surface area contributed by atoms with Crippen molar-refractivity contribution < 1.29 is 5.11 Å². The molecule has 0 aliphatic heterocycles. The molecule has 0 saturated carbocycles. The summed E-state index contributed by atoms with van der Waals surface area (Å²) in [6.07, 6.45) is 1.69. The molecule has 96 valence electrons. The maximum Gasteiger partial charge on any atom is 0.0863 e. The summed E-state index contributed by atoms with van der Waals surface area (Å²) in [5, 5.41) is 14.6. The first-order valence-corrected chi connectivity index (χ1v) is 6.57. The van der Waals surface area contributed by atoms with Crippen LogP contribution < -0.4 is 0 Å². The Balaban J connectivity index is 2.27. The van der Waals surface area contributed by atoms with E-state index in [4.69, 9.17) is 0 Å². The van der Waals surface area contributed by atoms with Crippen LogP contribution in [0.5, 0.6) is 0 Å². The number of halogens is 1. The molecule has 0 fully saturated rings. The van der Waals surface area contributed by atoms with E-state index in [1.54, 1.807) is 10.9 Å². The molecule has 0 aliphatic carbocycles. The number of aryl methyl sites for hydroxylation is 3. The molecular weight excluding hydrogens is 294 g/mol. The van der Waals surface area contributed by atoms with E-state index < -0.39 is 6.10 Å². The zero-order valence-electron chi connectivity index (χ0n) is 10.7.